The third-order valence-electron chi connectivity index (χ3n) is 4.95. The van der Waals surface area contributed by atoms with E-state index in [0.29, 0.717) is 17.8 Å². The maximum atomic E-state index is 13.0. The minimum Gasteiger partial charge on any atom is -0.497 e. The van der Waals surface area contributed by atoms with Gasteiger partial charge in [-0.1, -0.05) is 30.3 Å². The quantitative estimate of drug-likeness (QED) is 0.694. The standard InChI is InChI=1S/C22H24N4O2/c1-28-19-9-7-17(8-10-19)21-20(22(27)24-18-11-12-23-13-18)15-26(25-21)14-16-5-3-2-4-6-16/h2-10,15,18,23H,11-14H2,1H3,(H,24,27). The van der Waals surface area contributed by atoms with E-state index in [2.05, 4.69) is 22.8 Å². The van der Waals surface area contributed by atoms with Crippen molar-refractivity contribution in [1.82, 2.24) is 20.4 Å². The molecule has 2 N–H and O–H groups in total. The third-order valence-corrected chi connectivity index (χ3v) is 4.95. The molecule has 0 saturated carbocycles. The Bertz CT molecular complexity index is 929. The van der Waals surface area contributed by atoms with Crippen LogP contribution >= 0.6 is 0 Å². The molecule has 2 aromatic carbocycles. The van der Waals surface area contributed by atoms with E-state index in [1.54, 1.807) is 7.11 Å². The van der Waals surface area contributed by atoms with Crippen molar-refractivity contribution in [2.75, 3.05) is 20.2 Å². The molecule has 28 heavy (non-hydrogen) atoms. The fourth-order valence-electron chi connectivity index (χ4n) is 3.44. The van der Waals surface area contributed by atoms with Gasteiger partial charge < -0.3 is 15.4 Å². The second kappa shape index (κ2) is 8.27. The summed E-state index contributed by atoms with van der Waals surface area (Å²) >= 11 is 0. The van der Waals surface area contributed by atoms with Gasteiger partial charge in [0.15, 0.2) is 0 Å². The summed E-state index contributed by atoms with van der Waals surface area (Å²) in [6, 6.07) is 17.9. The Morgan fingerprint density at radius 1 is 1.21 bits per heavy atom. The first-order valence-corrected chi connectivity index (χ1v) is 9.50. The molecule has 1 aromatic heterocycles. The van der Waals surface area contributed by atoms with Crippen LogP contribution in [0.5, 0.6) is 5.75 Å². The Morgan fingerprint density at radius 3 is 2.68 bits per heavy atom. The van der Waals surface area contributed by atoms with Crippen molar-refractivity contribution in [3.05, 3.63) is 71.9 Å². The smallest absolute Gasteiger partial charge is 0.255 e. The number of nitrogens with one attached hydrogen (secondary N) is 2. The molecule has 1 atom stereocenters. The van der Waals surface area contributed by atoms with Crippen LogP contribution < -0.4 is 15.4 Å². The highest BCUT2D eigenvalue weighted by Crippen LogP contribution is 2.25. The minimum absolute atomic E-state index is 0.0844. The summed E-state index contributed by atoms with van der Waals surface area (Å²) in [6.07, 6.45) is 2.78. The molecule has 1 aliphatic heterocycles. The van der Waals surface area contributed by atoms with E-state index in [9.17, 15) is 4.79 Å². The first-order valence-electron chi connectivity index (χ1n) is 9.50. The van der Waals surface area contributed by atoms with Crippen molar-refractivity contribution >= 4 is 5.91 Å². The van der Waals surface area contributed by atoms with Crippen molar-refractivity contribution in [2.24, 2.45) is 0 Å². The van der Waals surface area contributed by atoms with Gasteiger partial charge in [-0.25, -0.2) is 0 Å². The van der Waals surface area contributed by atoms with Gasteiger partial charge in [-0.05, 0) is 42.8 Å². The highest BCUT2D eigenvalue weighted by molar-refractivity contribution is 6.00. The zero-order valence-corrected chi connectivity index (χ0v) is 15.9. The largest absolute Gasteiger partial charge is 0.497 e. The molecule has 6 nitrogen and oxygen atoms in total. The predicted octanol–water partition coefficient (Wildman–Crippen LogP) is 2.70. The number of benzene rings is 2. The summed E-state index contributed by atoms with van der Waals surface area (Å²) in [7, 11) is 1.64. The lowest BCUT2D eigenvalue weighted by Gasteiger charge is -2.11. The molecule has 0 spiro atoms. The zero-order valence-electron chi connectivity index (χ0n) is 15.9. The molecule has 3 aromatic rings. The highest BCUT2D eigenvalue weighted by atomic mass is 16.5. The number of carbonyl (C=O) groups excluding carboxylic acids is 1. The molecule has 4 rings (SSSR count). The molecule has 1 unspecified atom stereocenters. The Morgan fingerprint density at radius 2 is 2.00 bits per heavy atom. The summed E-state index contributed by atoms with van der Waals surface area (Å²) in [5, 5.41) is 11.1. The van der Waals surface area contributed by atoms with Crippen LogP contribution in [0.3, 0.4) is 0 Å². The van der Waals surface area contributed by atoms with E-state index >= 15 is 0 Å². The van der Waals surface area contributed by atoms with Crippen LogP contribution in [0.25, 0.3) is 11.3 Å². The number of nitrogens with zero attached hydrogens (tertiary/aromatic N) is 2. The number of rotatable bonds is 6. The average molecular weight is 376 g/mol. The number of amides is 1. The molecule has 0 bridgehead atoms. The number of aromatic nitrogens is 2. The van der Waals surface area contributed by atoms with Crippen molar-refractivity contribution < 1.29 is 9.53 Å². The summed E-state index contributed by atoms with van der Waals surface area (Å²) in [5.74, 6) is 0.689. The maximum Gasteiger partial charge on any atom is 0.255 e. The number of hydrogen-bond acceptors (Lipinski definition) is 4. The molecule has 2 heterocycles. The van der Waals surface area contributed by atoms with E-state index in [0.717, 1.165) is 36.4 Å². The molecule has 1 aliphatic rings. The van der Waals surface area contributed by atoms with Crippen LogP contribution in [0.1, 0.15) is 22.3 Å². The average Bonchev–Trinajstić information content (AvgIpc) is 3.39. The highest BCUT2D eigenvalue weighted by Gasteiger charge is 2.22. The van der Waals surface area contributed by atoms with E-state index in [-0.39, 0.29) is 11.9 Å². The first-order chi connectivity index (χ1) is 13.7. The Kier molecular flexibility index (Phi) is 5.39. The molecular weight excluding hydrogens is 352 g/mol. The summed E-state index contributed by atoms with van der Waals surface area (Å²) in [6.45, 7) is 2.35. The van der Waals surface area contributed by atoms with Crippen LogP contribution in [-0.4, -0.2) is 41.9 Å². The van der Waals surface area contributed by atoms with Gasteiger partial charge in [-0.3, -0.25) is 9.48 Å². The number of carbonyl (C=O) groups is 1. The second-order valence-corrected chi connectivity index (χ2v) is 6.97. The summed E-state index contributed by atoms with van der Waals surface area (Å²) in [4.78, 5) is 13.0. The van der Waals surface area contributed by atoms with Gasteiger partial charge in [0.05, 0.1) is 19.2 Å². The van der Waals surface area contributed by atoms with Crippen LogP contribution in [0.15, 0.2) is 60.8 Å². The van der Waals surface area contributed by atoms with Crippen LogP contribution in [0.2, 0.25) is 0 Å². The van der Waals surface area contributed by atoms with Crippen molar-refractivity contribution in [1.29, 1.82) is 0 Å². The lowest BCUT2D eigenvalue weighted by Crippen LogP contribution is -2.36. The monoisotopic (exact) mass is 376 g/mol. The minimum atomic E-state index is -0.0844. The van der Waals surface area contributed by atoms with Gasteiger partial charge in [0.1, 0.15) is 11.4 Å². The van der Waals surface area contributed by atoms with Crippen molar-refractivity contribution in [3.63, 3.8) is 0 Å². The molecule has 0 radical (unpaired) electrons. The van der Waals surface area contributed by atoms with E-state index < -0.39 is 0 Å². The van der Waals surface area contributed by atoms with Gasteiger partial charge >= 0.3 is 0 Å². The molecular formula is C22H24N4O2. The fraction of sp³-hybridized carbons (Fsp3) is 0.273. The third kappa shape index (κ3) is 4.07. The second-order valence-electron chi connectivity index (χ2n) is 6.97. The van der Waals surface area contributed by atoms with Gasteiger partial charge in [-0.15, -0.1) is 0 Å². The van der Waals surface area contributed by atoms with E-state index in [1.807, 2.05) is 53.3 Å². The van der Waals surface area contributed by atoms with Gasteiger partial charge in [0.2, 0.25) is 0 Å². The van der Waals surface area contributed by atoms with Crippen LogP contribution in [-0.2, 0) is 6.54 Å². The summed E-state index contributed by atoms with van der Waals surface area (Å²) in [5.41, 5.74) is 3.30. The molecule has 1 fully saturated rings. The molecule has 1 amide bonds. The lowest BCUT2D eigenvalue weighted by molar-refractivity contribution is 0.0940. The topological polar surface area (TPSA) is 68.2 Å². The molecule has 6 heteroatoms. The van der Waals surface area contributed by atoms with E-state index in [1.165, 1.54) is 0 Å². The molecule has 1 saturated heterocycles. The van der Waals surface area contributed by atoms with Gasteiger partial charge in [-0.2, -0.15) is 5.10 Å². The SMILES string of the molecule is COc1ccc(-c2nn(Cc3ccccc3)cc2C(=O)NC2CCNC2)cc1. The Balaban J connectivity index is 1.65. The van der Waals surface area contributed by atoms with E-state index in [4.69, 9.17) is 9.84 Å². The number of hydrogen-bond donors (Lipinski definition) is 2. The van der Waals surface area contributed by atoms with Crippen molar-refractivity contribution in [2.45, 2.75) is 19.0 Å². The predicted molar refractivity (Wildman–Crippen MR) is 108 cm³/mol. The van der Waals surface area contributed by atoms with Gasteiger partial charge in [0, 0.05) is 24.3 Å². The first kappa shape index (κ1) is 18.3. The van der Waals surface area contributed by atoms with Crippen LogP contribution in [0, 0.1) is 0 Å². The van der Waals surface area contributed by atoms with Crippen molar-refractivity contribution in [3.8, 4) is 17.0 Å². The summed E-state index contributed by atoms with van der Waals surface area (Å²) < 4.78 is 7.07. The Labute approximate surface area is 164 Å². The van der Waals surface area contributed by atoms with Gasteiger partial charge in [0.25, 0.3) is 5.91 Å². The Hall–Kier alpha value is -3.12. The number of methoxy groups -OCH3 is 1. The normalized spacial score (nSPS) is 16.1. The van der Waals surface area contributed by atoms with Crippen LogP contribution in [0.4, 0.5) is 0 Å². The molecule has 144 valence electrons. The maximum absolute atomic E-state index is 13.0. The molecule has 0 aliphatic carbocycles. The zero-order chi connectivity index (χ0) is 19.3. The lowest BCUT2D eigenvalue weighted by atomic mass is 10.1. The number of ether oxygens (including phenoxy) is 1. The fourth-order valence-corrected chi connectivity index (χ4v) is 3.44.